The predicted molar refractivity (Wildman–Crippen MR) is 297 cm³/mol. The molecule has 0 N–H and O–H groups in total. The molecule has 6 nitrogen and oxygen atoms in total. The Morgan fingerprint density at radius 3 is 0.971 bits per heavy atom. The molecular formula is C63H108O6. The Morgan fingerprint density at radius 2 is 0.594 bits per heavy atom. The van der Waals surface area contributed by atoms with E-state index in [9.17, 15) is 14.4 Å². The van der Waals surface area contributed by atoms with Crippen molar-refractivity contribution in [1.82, 2.24) is 0 Å². The number of rotatable bonds is 52. The monoisotopic (exact) mass is 961 g/mol. The molecule has 396 valence electrons. The molecule has 0 saturated carbocycles. The molecule has 0 bridgehead atoms. The van der Waals surface area contributed by atoms with E-state index in [4.69, 9.17) is 14.2 Å². The first-order chi connectivity index (χ1) is 34.0. The number of carbonyl (C=O) groups is 3. The fourth-order valence-corrected chi connectivity index (χ4v) is 8.05. The van der Waals surface area contributed by atoms with Crippen LogP contribution < -0.4 is 0 Å². The summed E-state index contributed by atoms with van der Waals surface area (Å²) in [6.45, 7) is 6.48. The average molecular weight is 962 g/mol. The molecule has 1 atom stereocenters. The van der Waals surface area contributed by atoms with Gasteiger partial charge in [-0.2, -0.15) is 0 Å². The summed E-state index contributed by atoms with van der Waals surface area (Å²) in [6.07, 6.45) is 74.4. The molecule has 0 amide bonds. The molecule has 6 heteroatoms. The summed E-state index contributed by atoms with van der Waals surface area (Å²) >= 11 is 0. The molecule has 0 radical (unpaired) electrons. The van der Waals surface area contributed by atoms with Gasteiger partial charge in [0.15, 0.2) is 6.10 Å². The van der Waals surface area contributed by atoms with E-state index in [-0.39, 0.29) is 37.5 Å². The van der Waals surface area contributed by atoms with E-state index in [0.717, 1.165) is 77.0 Å². The zero-order chi connectivity index (χ0) is 50.0. The highest BCUT2D eigenvalue weighted by atomic mass is 16.6. The number of esters is 3. The minimum absolute atomic E-state index is 0.0992. The van der Waals surface area contributed by atoms with Crippen molar-refractivity contribution in [2.24, 2.45) is 0 Å². The van der Waals surface area contributed by atoms with Crippen LogP contribution in [0, 0.1) is 0 Å². The van der Waals surface area contributed by atoms with Gasteiger partial charge in [-0.3, -0.25) is 14.4 Å². The van der Waals surface area contributed by atoms with Crippen molar-refractivity contribution < 1.29 is 28.6 Å². The van der Waals surface area contributed by atoms with Crippen molar-refractivity contribution in [1.29, 1.82) is 0 Å². The number of ether oxygens (including phenoxy) is 3. The van der Waals surface area contributed by atoms with Crippen LogP contribution in [0.15, 0.2) is 85.1 Å². The summed E-state index contributed by atoms with van der Waals surface area (Å²) in [5.74, 6) is -0.983. The van der Waals surface area contributed by atoms with Gasteiger partial charge < -0.3 is 14.2 Å². The zero-order valence-electron chi connectivity index (χ0n) is 45.3. The van der Waals surface area contributed by atoms with Gasteiger partial charge in [-0.1, -0.05) is 260 Å². The van der Waals surface area contributed by atoms with Crippen LogP contribution in [0.25, 0.3) is 0 Å². The van der Waals surface area contributed by atoms with E-state index in [0.29, 0.717) is 19.3 Å². The normalized spacial score (nSPS) is 12.7. The van der Waals surface area contributed by atoms with Gasteiger partial charge in [0.05, 0.1) is 0 Å². The second-order valence-corrected chi connectivity index (χ2v) is 19.2. The molecule has 0 fully saturated rings. The Hall–Kier alpha value is -3.41. The molecule has 0 rings (SSSR count). The Morgan fingerprint density at radius 1 is 0.304 bits per heavy atom. The molecule has 0 heterocycles. The predicted octanol–water partition coefficient (Wildman–Crippen LogP) is 19.5. The van der Waals surface area contributed by atoms with Crippen molar-refractivity contribution in [2.45, 2.75) is 284 Å². The molecule has 0 aromatic carbocycles. The van der Waals surface area contributed by atoms with E-state index in [2.05, 4.69) is 99.8 Å². The SMILES string of the molecule is CC/C=C\C/C=C\C/C=C\C/C=C\C/C=C\C/C=C\CCC(=O)OC[C@@H](COC(=O)CCCCCCCCCCCCCCCCC)OC(=O)CCCCCCCCC/C=C\CCCCCCCC. The number of unbranched alkanes of at least 4 members (excludes halogenated alkanes) is 27. The van der Waals surface area contributed by atoms with Crippen molar-refractivity contribution in [3.63, 3.8) is 0 Å². The van der Waals surface area contributed by atoms with Crippen LogP contribution in [0.5, 0.6) is 0 Å². The van der Waals surface area contributed by atoms with Gasteiger partial charge in [0.25, 0.3) is 0 Å². The van der Waals surface area contributed by atoms with Crippen molar-refractivity contribution in [3.05, 3.63) is 85.1 Å². The van der Waals surface area contributed by atoms with E-state index in [1.165, 1.54) is 154 Å². The zero-order valence-corrected chi connectivity index (χ0v) is 45.3. The highest BCUT2D eigenvalue weighted by Gasteiger charge is 2.19. The van der Waals surface area contributed by atoms with Crippen LogP contribution in [0.3, 0.4) is 0 Å². The fraction of sp³-hybridized carbons (Fsp3) is 0.730. The van der Waals surface area contributed by atoms with Crippen LogP contribution in [0.1, 0.15) is 278 Å². The van der Waals surface area contributed by atoms with Gasteiger partial charge in [0, 0.05) is 19.3 Å². The van der Waals surface area contributed by atoms with E-state index >= 15 is 0 Å². The Bertz CT molecular complexity index is 1330. The second kappa shape index (κ2) is 57.2. The summed E-state index contributed by atoms with van der Waals surface area (Å²) in [5.41, 5.74) is 0. The maximum atomic E-state index is 12.9. The van der Waals surface area contributed by atoms with E-state index in [1.807, 2.05) is 6.08 Å². The number of carbonyl (C=O) groups excluding carboxylic acids is 3. The first kappa shape index (κ1) is 65.6. The molecule has 0 aliphatic heterocycles. The van der Waals surface area contributed by atoms with Gasteiger partial charge >= 0.3 is 17.9 Å². The van der Waals surface area contributed by atoms with Crippen molar-refractivity contribution in [3.8, 4) is 0 Å². The quantitative estimate of drug-likeness (QED) is 0.0262. The molecule has 69 heavy (non-hydrogen) atoms. The molecule has 0 saturated heterocycles. The van der Waals surface area contributed by atoms with Crippen LogP contribution in [0.4, 0.5) is 0 Å². The Labute approximate surface area is 426 Å². The molecular weight excluding hydrogens is 853 g/mol. The lowest BCUT2D eigenvalue weighted by Gasteiger charge is -2.18. The average Bonchev–Trinajstić information content (AvgIpc) is 3.35. The lowest BCUT2D eigenvalue weighted by molar-refractivity contribution is -0.166. The van der Waals surface area contributed by atoms with Gasteiger partial charge in [0.1, 0.15) is 13.2 Å². The summed E-state index contributed by atoms with van der Waals surface area (Å²) in [7, 11) is 0. The van der Waals surface area contributed by atoms with Crippen LogP contribution in [-0.4, -0.2) is 37.2 Å². The van der Waals surface area contributed by atoms with Crippen molar-refractivity contribution in [2.75, 3.05) is 13.2 Å². The van der Waals surface area contributed by atoms with Gasteiger partial charge in [0.2, 0.25) is 0 Å². The van der Waals surface area contributed by atoms with Crippen LogP contribution in [-0.2, 0) is 28.6 Å². The summed E-state index contributed by atoms with van der Waals surface area (Å²) < 4.78 is 16.8. The molecule has 0 aromatic rings. The minimum Gasteiger partial charge on any atom is -0.462 e. The summed E-state index contributed by atoms with van der Waals surface area (Å²) in [6, 6.07) is 0. The maximum absolute atomic E-state index is 12.9. The van der Waals surface area contributed by atoms with Gasteiger partial charge in [-0.25, -0.2) is 0 Å². The Balaban J connectivity index is 4.49. The lowest BCUT2D eigenvalue weighted by Crippen LogP contribution is -2.30. The first-order valence-corrected chi connectivity index (χ1v) is 29.1. The molecule has 0 aliphatic carbocycles. The van der Waals surface area contributed by atoms with E-state index < -0.39 is 6.10 Å². The summed E-state index contributed by atoms with van der Waals surface area (Å²) in [4.78, 5) is 38.1. The molecule has 0 aromatic heterocycles. The number of hydrogen-bond donors (Lipinski definition) is 0. The molecule has 0 aliphatic rings. The number of allylic oxidation sites excluding steroid dienone is 14. The Kier molecular flexibility index (Phi) is 54.3. The summed E-state index contributed by atoms with van der Waals surface area (Å²) in [5, 5.41) is 0. The van der Waals surface area contributed by atoms with E-state index in [1.54, 1.807) is 0 Å². The fourth-order valence-electron chi connectivity index (χ4n) is 8.05. The second-order valence-electron chi connectivity index (χ2n) is 19.2. The molecule has 0 unspecified atom stereocenters. The third kappa shape index (κ3) is 55.4. The smallest absolute Gasteiger partial charge is 0.306 e. The number of hydrogen-bond acceptors (Lipinski definition) is 6. The van der Waals surface area contributed by atoms with Gasteiger partial charge in [-0.15, -0.1) is 0 Å². The lowest BCUT2D eigenvalue weighted by atomic mass is 10.0. The third-order valence-electron chi connectivity index (χ3n) is 12.4. The maximum Gasteiger partial charge on any atom is 0.306 e. The third-order valence-corrected chi connectivity index (χ3v) is 12.4. The standard InChI is InChI=1S/C63H108O6/c1-4-7-10-13-16-19-22-25-28-30-31-33-35-38-41-44-47-50-53-56-62(65)68-59-60(58-67-61(64)55-52-49-46-43-40-37-34-27-24-21-18-15-12-9-6-3)69-63(66)57-54-51-48-45-42-39-36-32-29-26-23-20-17-14-11-8-5-2/h7,10,16,19,25-26,28-29,31,33,38,41,47,50,60H,4-6,8-9,11-15,17-18,20-24,27,30,32,34-37,39-40,42-46,48-49,51-59H2,1-3H3/b10-7-,19-16-,28-25-,29-26-,33-31-,41-38-,50-47-/t60-/m1/s1. The minimum atomic E-state index is -0.808. The van der Waals surface area contributed by atoms with Crippen molar-refractivity contribution >= 4 is 17.9 Å². The molecule has 0 spiro atoms. The van der Waals surface area contributed by atoms with Gasteiger partial charge in [-0.05, 0) is 83.5 Å². The highest BCUT2D eigenvalue weighted by Crippen LogP contribution is 2.16. The largest absolute Gasteiger partial charge is 0.462 e. The van der Waals surface area contributed by atoms with Crippen LogP contribution in [0.2, 0.25) is 0 Å². The topological polar surface area (TPSA) is 78.9 Å². The first-order valence-electron chi connectivity index (χ1n) is 29.1. The highest BCUT2D eigenvalue weighted by molar-refractivity contribution is 5.71. The van der Waals surface area contributed by atoms with Crippen LogP contribution >= 0.6 is 0 Å².